The summed E-state index contributed by atoms with van der Waals surface area (Å²) in [5, 5.41) is 0. The molecule has 0 saturated carbocycles. The first-order chi connectivity index (χ1) is 5.80. The summed E-state index contributed by atoms with van der Waals surface area (Å²) >= 11 is 0. The monoisotopic (exact) mass is 336 g/mol. The van der Waals surface area contributed by atoms with Gasteiger partial charge in [-0.25, -0.2) is 12.2 Å². The molecule has 1 atom stereocenters. The van der Waals surface area contributed by atoms with Crippen molar-refractivity contribution in [1.29, 1.82) is 0 Å². The van der Waals surface area contributed by atoms with Crippen molar-refractivity contribution in [3.63, 3.8) is 0 Å². The van der Waals surface area contributed by atoms with E-state index in [1.165, 1.54) is 11.1 Å². The van der Waals surface area contributed by atoms with Crippen molar-refractivity contribution in [3.8, 4) is 0 Å². The Balaban J connectivity index is -0.000000165. The fourth-order valence-corrected chi connectivity index (χ4v) is 1.72. The van der Waals surface area contributed by atoms with Crippen LogP contribution in [-0.2, 0) is 26.2 Å². The van der Waals surface area contributed by atoms with Crippen molar-refractivity contribution >= 4 is 8.19 Å². The van der Waals surface area contributed by atoms with E-state index in [1.54, 1.807) is 0 Å². The molecule has 0 N–H and O–H groups in total. The Morgan fingerprint density at radius 3 is 2.07 bits per heavy atom. The SMILES string of the molecule is Cc1[c-][pH]cc1C.[C-]1=CC=CC1.[Cl-].[Cl-].[Zr+4]. The molecule has 0 saturated heterocycles. The van der Waals surface area contributed by atoms with Crippen molar-refractivity contribution in [3.05, 3.63) is 47.0 Å². The molecule has 1 heterocycles. The second-order valence-corrected chi connectivity index (χ2v) is 3.55. The van der Waals surface area contributed by atoms with Gasteiger partial charge in [0.15, 0.2) is 0 Å². The number of hydrogen-bond donors (Lipinski definition) is 0. The Labute approximate surface area is 126 Å². The summed E-state index contributed by atoms with van der Waals surface area (Å²) in [6.07, 6.45) is 10.0. The van der Waals surface area contributed by atoms with Crippen LogP contribution in [0.4, 0.5) is 0 Å². The van der Waals surface area contributed by atoms with Gasteiger partial charge in [0.2, 0.25) is 0 Å². The quantitative estimate of drug-likeness (QED) is 0.457. The first kappa shape index (κ1) is 21.1. The summed E-state index contributed by atoms with van der Waals surface area (Å²) in [6.45, 7) is 4.23. The molecule has 0 radical (unpaired) electrons. The first-order valence-electron chi connectivity index (χ1n) is 4.04. The van der Waals surface area contributed by atoms with Crippen LogP contribution >= 0.6 is 8.19 Å². The normalized spacial score (nSPS) is 10.8. The van der Waals surface area contributed by atoms with Crippen molar-refractivity contribution < 1.29 is 51.0 Å². The molecule has 2 rings (SSSR count). The van der Waals surface area contributed by atoms with Crippen LogP contribution in [0.15, 0.2) is 24.0 Å². The fourth-order valence-electron chi connectivity index (χ4n) is 0.800. The second kappa shape index (κ2) is 12.8. The molecule has 0 bridgehead atoms. The Morgan fingerprint density at radius 1 is 1.27 bits per heavy atom. The molecule has 4 heteroatoms. The van der Waals surface area contributed by atoms with Crippen molar-refractivity contribution in [2.45, 2.75) is 20.3 Å². The standard InChI is InChI=1S/C6H8P.C5H5.2ClH.Zr/c1-5-3-7-4-6(5)2;1-2-4-5-3-1;;;/h3,7H,1-2H3;1-3H,4H2;2*1H;/q2*-1;;;+4/p-2. The van der Waals surface area contributed by atoms with E-state index >= 15 is 0 Å². The zero-order valence-electron chi connectivity index (χ0n) is 8.77. The predicted molar refractivity (Wildman–Crippen MR) is 55.8 cm³/mol. The average molecular weight is 338 g/mol. The minimum Gasteiger partial charge on any atom is -1.00 e. The Bertz CT molecular complexity index is 266. The summed E-state index contributed by atoms with van der Waals surface area (Å²) in [7, 11) is 0.820. The first-order valence-corrected chi connectivity index (χ1v) is 5.12. The molecule has 15 heavy (non-hydrogen) atoms. The molecular weight excluding hydrogens is 325 g/mol. The van der Waals surface area contributed by atoms with Gasteiger partial charge in [-0.05, 0) is 0 Å². The zero-order valence-corrected chi connectivity index (χ0v) is 13.7. The Hall–Kier alpha value is 0.723. The van der Waals surface area contributed by atoms with Gasteiger partial charge in [-0.3, -0.25) is 14.3 Å². The number of halogens is 2. The number of allylic oxidation sites excluding steroid dienone is 4. The average Bonchev–Trinajstić information content (AvgIpc) is 2.67. The number of aryl methyl sites for hydroxylation is 2. The van der Waals surface area contributed by atoms with Crippen LogP contribution in [0.2, 0.25) is 0 Å². The van der Waals surface area contributed by atoms with Crippen molar-refractivity contribution in [1.82, 2.24) is 0 Å². The molecule has 1 aromatic rings. The van der Waals surface area contributed by atoms with Crippen molar-refractivity contribution in [2.75, 3.05) is 0 Å². The second-order valence-electron chi connectivity index (χ2n) is 2.72. The van der Waals surface area contributed by atoms with E-state index in [2.05, 4.69) is 37.6 Å². The van der Waals surface area contributed by atoms with Crippen LogP contribution in [-0.4, -0.2) is 0 Å². The predicted octanol–water partition coefficient (Wildman–Crippen LogP) is -2.55. The molecule has 0 amide bonds. The maximum atomic E-state index is 3.22. The van der Waals surface area contributed by atoms with E-state index < -0.39 is 0 Å². The van der Waals surface area contributed by atoms with E-state index in [-0.39, 0.29) is 51.0 Å². The largest absolute Gasteiger partial charge is 4.00 e. The van der Waals surface area contributed by atoms with Gasteiger partial charge in [0.05, 0.1) is 0 Å². The minimum absolute atomic E-state index is 0. The molecule has 80 valence electrons. The maximum absolute atomic E-state index is 3.22. The van der Waals surface area contributed by atoms with Gasteiger partial charge < -0.3 is 24.8 Å². The molecule has 0 aromatic carbocycles. The van der Waals surface area contributed by atoms with Gasteiger partial charge >= 0.3 is 26.2 Å². The summed E-state index contributed by atoms with van der Waals surface area (Å²) in [5.41, 5.74) is 2.73. The third-order valence-electron chi connectivity index (χ3n) is 1.73. The molecule has 1 aliphatic rings. The smallest absolute Gasteiger partial charge is 1.00 e. The molecule has 0 fully saturated rings. The van der Waals surface area contributed by atoms with Gasteiger partial charge in [-0.2, -0.15) is 28.8 Å². The summed E-state index contributed by atoms with van der Waals surface area (Å²) in [4.78, 5) is 0. The van der Waals surface area contributed by atoms with Crippen LogP contribution in [0, 0.1) is 25.7 Å². The Morgan fingerprint density at radius 2 is 1.93 bits per heavy atom. The minimum atomic E-state index is 0. The van der Waals surface area contributed by atoms with Crippen molar-refractivity contribution in [2.24, 2.45) is 0 Å². The van der Waals surface area contributed by atoms with Gasteiger partial charge in [-0.1, -0.05) is 13.8 Å². The maximum Gasteiger partial charge on any atom is 4.00 e. The van der Waals surface area contributed by atoms with Gasteiger partial charge in [-0.15, -0.1) is 6.42 Å². The zero-order chi connectivity index (χ0) is 8.81. The molecule has 0 nitrogen and oxygen atoms in total. The summed E-state index contributed by atoms with van der Waals surface area (Å²) < 4.78 is 0. The topological polar surface area (TPSA) is 0 Å². The van der Waals surface area contributed by atoms with Gasteiger partial charge in [0.1, 0.15) is 0 Å². The van der Waals surface area contributed by atoms with Crippen LogP contribution in [0.5, 0.6) is 0 Å². The van der Waals surface area contributed by atoms with E-state index in [9.17, 15) is 0 Å². The van der Waals surface area contributed by atoms with Gasteiger partial charge in [0, 0.05) is 0 Å². The van der Waals surface area contributed by atoms with E-state index in [0.717, 1.165) is 14.6 Å². The Kier molecular flexibility index (Phi) is 18.0. The van der Waals surface area contributed by atoms with Crippen LogP contribution in [0.3, 0.4) is 0 Å². The summed E-state index contributed by atoms with van der Waals surface area (Å²) in [5.74, 6) is 5.44. The van der Waals surface area contributed by atoms with Crippen LogP contribution in [0.25, 0.3) is 0 Å². The third kappa shape index (κ3) is 9.64. The van der Waals surface area contributed by atoms with E-state index in [4.69, 9.17) is 0 Å². The fraction of sp³-hybridized carbons (Fsp3) is 0.273. The molecule has 1 aliphatic carbocycles. The van der Waals surface area contributed by atoms with Crippen LogP contribution < -0.4 is 24.8 Å². The molecule has 1 aromatic heterocycles. The molecular formula is C11H13Cl2PZr. The number of hydrogen-bond acceptors (Lipinski definition) is 0. The third-order valence-corrected chi connectivity index (χ3v) is 2.82. The number of rotatable bonds is 0. The van der Waals surface area contributed by atoms with E-state index in [0.29, 0.717) is 0 Å². The van der Waals surface area contributed by atoms with Gasteiger partial charge in [0.25, 0.3) is 0 Å². The van der Waals surface area contributed by atoms with E-state index in [1.807, 2.05) is 12.2 Å². The molecule has 0 spiro atoms. The molecule has 0 aliphatic heterocycles. The van der Waals surface area contributed by atoms with Crippen LogP contribution in [0.1, 0.15) is 17.5 Å². The summed E-state index contributed by atoms with van der Waals surface area (Å²) in [6, 6.07) is 0. The molecule has 1 unspecified atom stereocenters.